The molecule has 0 aliphatic carbocycles. The van der Waals surface area contributed by atoms with Crippen molar-refractivity contribution in [3.8, 4) is 22.5 Å². The van der Waals surface area contributed by atoms with E-state index in [9.17, 15) is 0 Å². The number of aryl methyl sites for hydroxylation is 4. The zero-order valence-corrected chi connectivity index (χ0v) is 26.9. The van der Waals surface area contributed by atoms with Crippen molar-refractivity contribution < 1.29 is 0 Å². The van der Waals surface area contributed by atoms with Gasteiger partial charge in [0.05, 0.1) is 22.8 Å². The predicted molar refractivity (Wildman–Crippen MR) is 183 cm³/mol. The molecule has 0 saturated heterocycles. The Labute approximate surface area is 254 Å². The third kappa shape index (κ3) is 5.04. The lowest BCUT2D eigenvalue weighted by molar-refractivity contribution is 0.767. The Morgan fingerprint density at radius 3 is 1.88 bits per heavy atom. The molecule has 0 radical (unpaired) electrons. The van der Waals surface area contributed by atoms with Crippen LogP contribution in [0, 0.1) is 6.92 Å². The number of fused-ring (bicyclic) bond motifs is 11. The summed E-state index contributed by atoms with van der Waals surface area (Å²) in [5, 5.41) is 0. The maximum atomic E-state index is 5.28. The molecular formula is C38H43N3S. The Balaban J connectivity index is 1.78. The van der Waals surface area contributed by atoms with Gasteiger partial charge in [-0.2, -0.15) is 0 Å². The molecule has 8 bridgehead atoms. The van der Waals surface area contributed by atoms with Gasteiger partial charge in [-0.25, -0.2) is 9.97 Å². The number of nitrogens with zero attached hydrogens (tertiary/aromatic N) is 2. The number of rotatable bonds is 8. The first-order chi connectivity index (χ1) is 20.5. The van der Waals surface area contributed by atoms with E-state index in [4.69, 9.17) is 9.97 Å². The zero-order valence-electron chi connectivity index (χ0n) is 26.1. The maximum absolute atomic E-state index is 5.28. The Morgan fingerprint density at radius 2 is 1.26 bits per heavy atom. The number of benzene rings is 1. The molecule has 0 amide bonds. The number of aromatic nitrogens is 3. The van der Waals surface area contributed by atoms with E-state index in [1.165, 1.54) is 74.0 Å². The maximum Gasteiger partial charge on any atom is 0.0737 e. The first-order valence-electron chi connectivity index (χ1n) is 15.9. The van der Waals surface area contributed by atoms with Crippen LogP contribution in [0.2, 0.25) is 0 Å². The van der Waals surface area contributed by atoms with E-state index in [1.807, 2.05) is 11.3 Å². The van der Waals surface area contributed by atoms with Crippen LogP contribution in [0.15, 0.2) is 48.5 Å². The highest BCUT2D eigenvalue weighted by Crippen LogP contribution is 2.40. The molecule has 0 saturated carbocycles. The van der Waals surface area contributed by atoms with Gasteiger partial charge < -0.3 is 4.98 Å². The molecule has 5 heterocycles. The average Bonchev–Trinajstić information content (AvgIpc) is 3.68. The highest BCUT2D eigenvalue weighted by molar-refractivity contribution is 7.24. The zero-order chi connectivity index (χ0) is 29.4. The molecule has 42 heavy (non-hydrogen) atoms. The first-order valence-corrected chi connectivity index (χ1v) is 16.7. The fourth-order valence-electron chi connectivity index (χ4n) is 6.69. The van der Waals surface area contributed by atoms with E-state index in [0.29, 0.717) is 0 Å². The van der Waals surface area contributed by atoms with Crippen molar-refractivity contribution in [1.82, 2.24) is 15.0 Å². The molecule has 0 fully saturated rings. The van der Waals surface area contributed by atoms with Gasteiger partial charge in [0.25, 0.3) is 0 Å². The summed E-state index contributed by atoms with van der Waals surface area (Å²) in [6, 6.07) is 17.9. The van der Waals surface area contributed by atoms with Crippen molar-refractivity contribution in [2.75, 3.05) is 0 Å². The molecule has 3 nitrogen and oxygen atoms in total. The lowest BCUT2D eigenvalue weighted by atomic mass is 9.98. The number of unbranched alkanes of at least 4 members (excludes halogenated alkanes) is 2. The lowest BCUT2D eigenvalue weighted by Gasteiger charge is -2.05. The van der Waals surface area contributed by atoms with Gasteiger partial charge in [0.2, 0.25) is 0 Å². The van der Waals surface area contributed by atoms with Gasteiger partial charge in [-0.15, -0.1) is 11.3 Å². The van der Waals surface area contributed by atoms with Crippen molar-refractivity contribution in [3.05, 3.63) is 82.2 Å². The molecule has 4 aromatic rings. The molecule has 4 heteroatoms. The summed E-state index contributed by atoms with van der Waals surface area (Å²) >= 11 is 1.96. The van der Waals surface area contributed by atoms with Crippen LogP contribution >= 0.6 is 11.3 Å². The number of H-pyrrole nitrogens is 1. The van der Waals surface area contributed by atoms with E-state index in [0.717, 1.165) is 54.0 Å². The second-order valence-corrected chi connectivity index (χ2v) is 12.8. The number of hydrogen-bond donors (Lipinski definition) is 1. The van der Waals surface area contributed by atoms with Crippen LogP contribution in [0.4, 0.5) is 0 Å². The largest absolute Gasteiger partial charge is 0.355 e. The predicted octanol–water partition coefficient (Wildman–Crippen LogP) is 11.3. The van der Waals surface area contributed by atoms with E-state index in [1.54, 1.807) is 11.1 Å². The molecule has 2 aliphatic rings. The molecular weight excluding hydrogens is 531 g/mol. The monoisotopic (exact) mass is 573 g/mol. The van der Waals surface area contributed by atoms with Crippen LogP contribution in [0.1, 0.15) is 100 Å². The molecule has 2 aliphatic heterocycles. The number of allylic oxidation sites excluding steroid dienone is 2. The van der Waals surface area contributed by atoms with Gasteiger partial charge >= 0.3 is 0 Å². The normalized spacial score (nSPS) is 12.7. The summed E-state index contributed by atoms with van der Waals surface area (Å²) in [4.78, 5) is 14.3. The summed E-state index contributed by atoms with van der Waals surface area (Å²) < 4.78 is 2.79. The minimum Gasteiger partial charge on any atom is -0.355 e. The molecule has 0 unspecified atom stereocenters. The standard InChI is InChI=1S/C38H43N3S/c1-7-11-15-29-30(16-12-8-2)38-22-36-26(10-4)24(6)32(40-36)20-34-28-18-14-13-17-27(28)33(41-34)19-31-23(5)25(9-3)35(39-31)21-37(29)42-38/h13-14,17-22,39H,7-12,15-16H2,1-6H3. The molecule has 0 atom stereocenters. The number of nitrogens with one attached hydrogen (secondary N) is 1. The highest BCUT2D eigenvalue weighted by atomic mass is 32.1. The van der Waals surface area contributed by atoms with Crippen molar-refractivity contribution in [1.29, 1.82) is 0 Å². The third-order valence-electron chi connectivity index (χ3n) is 9.10. The Kier molecular flexibility index (Phi) is 8.18. The summed E-state index contributed by atoms with van der Waals surface area (Å²) in [5.74, 6) is 0. The minimum atomic E-state index is 0.966. The van der Waals surface area contributed by atoms with Gasteiger partial charge in [-0.1, -0.05) is 64.8 Å². The molecule has 6 rings (SSSR count). The van der Waals surface area contributed by atoms with Gasteiger partial charge in [-0.3, -0.25) is 0 Å². The van der Waals surface area contributed by atoms with E-state index < -0.39 is 0 Å². The SMILES string of the molecule is CCCCc1c(CCCC)c2cc3[nH]c(cc4nc(cc5nc(cc1s2)C(CC)=C5C)-c1ccccc1-4)c(C)c3CC. The van der Waals surface area contributed by atoms with Crippen LogP contribution in [0.3, 0.4) is 0 Å². The Hall–Kier alpha value is -3.50. The molecule has 216 valence electrons. The van der Waals surface area contributed by atoms with E-state index >= 15 is 0 Å². The molecule has 1 aromatic carbocycles. The Morgan fingerprint density at radius 1 is 0.643 bits per heavy atom. The van der Waals surface area contributed by atoms with Crippen LogP contribution in [0.5, 0.6) is 0 Å². The second-order valence-electron chi connectivity index (χ2n) is 11.7. The fourth-order valence-corrected chi connectivity index (χ4v) is 7.97. The summed E-state index contributed by atoms with van der Waals surface area (Å²) in [6.07, 6.45) is 9.04. The molecule has 0 spiro atoms. The van der Waals surface area contributed by atoms with Gasteiger partial charge in [0.15, 0.2) is 0 Å². The van der Waals surface area contributed by atoms with Crippen molar-refractivity contribution in [3.63, 3.8) is 0 Å². The number of aromatic amines is 1. The molecule has 3 aromatic heterocycles. The van der Waals surface area contributed by atoms with Crippen molar-refractivity contribution in [2.45, 2.75) is 92.9 Å². The van der Waals surface area contributed by atoms with E-state index in [-0.39, 0.29) is 0 Å². The van der Waals surface area contributed by atoms with Crippen molar-refractivity contribution in [2.24, 2.45) is 0 Å². The average molecular weight is 574 g/mol. The molecule has 1 N–H and O–H groups in total. The quantitative estimate of drug-likeness (QED) is 0.201. The minimum absolute atomic E-state index is 0.966. The topological polar surface area (TPSA) is 41.6 Å². The van der Waals surface area contributed by atoms with Crippen LogP contribution < -0.4 is 0 Å². The van der Waals surface area contributed by atoms with Crippen molar-refractivity contribution >= 4 is 42.9 Å². The van der Waals surface area contributed by atoms with Gasteiger partial charge in [0.1, 0.15) is 0 Å². The van der Waals surface area contributed by atoms with Crippen LogP contribution in [0.25, 0.3) is 54.1 Å². The first kappa shape index (κ1) is 28.6. The third-order valence-corrected chi connectivity index (χ3v) is 10.3. The summed E-state index contributed by atoms with van der Waals surface area (Å²) in [7, 11) is 0. The Bertz CT molecular complexity index is 1850. The van der Waals surface area contributed by atoms with E-state index in [2.05, 4.69) is 95.1 Å². The van der Waals surface area contributed by atoms with Crippen LogP contribution in [-0.2, 0) is 19.3 Å². The fraction of sp³-hybridized carbons (Fsp3) is 0.368. The smallest absolute Gasteiger partial charge is 0.0737 e. The van der Waals surface area contributed by atoms with Gasteiger partial charge in [-0.05, 0) is 110 Å². The van der Waals surface area contributed by atoms with Crippen LogP contribution in [-0.4, -0.2) is 15.0 Å². The number of thiophene rings is 1. The summed E-state index contributed by atoms with van der Waals surface area (Å²) in [6.45, 7) is 13.6. The van der Waals surface area contributed by atoms with Gasteiger partial charge in [0, 0.05) is 31.6 Å². The lowest BCUT2D eigenvalue weighted by Crippen LogP contribution is -1.92. The summed E-state index contributed by atoms with van der Waals surface area (Å²) in [5.41, 5.74) is 17.3. The second kappa shape index (κ2) is 12.0. The highest BCUT2D eigenvalue weighted by Gasteiger charge is 2.21. The number of hydrogen-bond acceptors (Lipinski definition) is 3.